The monoisotopic (exact) mass is 273 g/mol. The predicted molar refractivity (Wildman–Crippen MR) is 76.4 cm³/mol. The number of rotatable bonds is 4. The van der Waals surface area contributed by atoms with Crippen LogP contribution in [0.4, 0.5) is 0 Å². The van der Waals surface area contributed by atoms with Gasteiger partial charge in [-0.25, -0.2) is 4.98 Å². The first kappa shape index (κ1) is 11.6. The number of carbonyl (C=O) groups is 1. The number of Topliss-reactive ketones (excluding diaryl/α,β-unsaturated/α-hetero) is 1. The van der Waals surface area contributed by atoms with Crippen LogP contribution in [0.5, 0.6) is 0 Å². The Labute approximate surface area is 113 Å². The SMILES string of the molecule is O=C(Cc1cccs1)Cc1nc2ccccc2s1. The summed E-state index contributed by atoms with van der Waals surface area (Å²) in [4.78, 5) is 17.5. The van der Waals surface area contributed by atoms with Crippen molar-refractivity contribution >= 4 is 38.7 Å². The van der Waals surface area contributed by atoms with Crippen molar-refractivity contribution in [3.8, 4) is 0 Å². The fourth-order valence-corrected chi connectivity index (χ4v) is 3.56. The number of thiophene rings is 1. The minimum Gasteiger partial charge on any atom is -0.299 e. The molecule has 18 heavy (non-hydrogen) atoms. The van der Waals surface area contributed by atoms with Crippen LogP contribution in [0.1, 0.15) is 9.88 Å². The van der Waals surface area contributed by atoms with Crippen LogP contribution in [0.3, 0.4) is 0 Å². The minimum atomic E-state index is 0.233. The smallest absolute Gasteiger partial charge is 0.144 e. The van der Waals surface area contributed by atoms with Gasteiger partial charge in [-0.1, -0.05) is 18.2 Å². The molecule has 3 rings (SSSR count). The molecule has 0 bridgehead atoms. The number of nitrogens with zero attached hydrogens (tertiary/aromatic N) is 1. The van der Waals surface area contributed by atoms with Crippen molar-refractivity contribution in [1.82, 2.24) is 4.98 Å². The molecule has 0 aliphatic rings. The average Bonchev–Trinajstić information content (AvgIpc) is 2.96. The van der Waals surface area contributed by atoms with Crippen LogP contribution in [0, 0.1) is 0 Å². The normalized spacial score (nSPS) is 10.9. The Morgan fingerprint density at radius 2 is 2.00 bits per heavy atom. The fourth-order valence-electron chi connectivity index (χ4n) is 1.83. The topological polar surface area (TPSA) is 30.0 Å². The molecule has 0 amide bonds. The number of hydrogen-bond acceptors (Lipinski definition) is 4. The van der Waals surface area contributed by atoms with E-state index in [0.29, 0.717) is 12.8 Å². The van der Waals surface area contributed by atoms with E-state index in [-0.39, 0.29) is 5.78 Å². The molecule has 0 saturated heterocycles. The summed E-state index contributed by atoms with van der Waals surface area (Å²) in [5.74, 6) is 0.233. The van der Waals surface area contributed by atoms with Crippen LogP contribution in [-0.4, -0.2) is 10.8 Å². The molecule has 2 heterocycles. The molecule has 2 nitrogen and oxygen atoms in total. The number of benzene rings is 1. The van der Waals surface area contributed by atoms with Crippen molar-refractivity contribution in [2.75, 3.05) is 0 Å². The Morgan fingerprint density at radius 3 is 2.78 bits per heavy atom. The quantitative estimate of drug-likeness (QED) is 0.725. The van der Waals surface area contributed by atoms with E-state index in [4.69, 9.17) is 0 Å². The second-order valence-corrected chi connectivity index (χ2v) is 6.19. The number of ketones is 1. The lowest BCUT2D eigenvalue weighted by atomic mass is 10.2. The Balaban J connectivity index is 1.74. The summed E-state index contributed by atoms with van der Waals surface area (Å²) in [6.07, 6.45) is 0.963. The van der Waals surface area contributed by atoms with Crippen molar-refractivity contribution in [3.63, 3.8) is 0 Å². The molecular weight excluding hydrogens is 262 g/mol. The van der Waals surface area contributed by atoms with Crippen molar-refractivity contribution in [2.24, 2.45) is 0 Å². The molecule has 0 radical (unpaired) electrons. The number of carbonyl (C=O) groups excluding carboxylic acids is 1. The van der Waals surface area contributed by atoms with Crippen molar-refractivity contribution in [1.29, 1.82) is 0 Å². The zero-order chi connectivity index (χ0) is 12.4. The Morgan fingerprint density at radius 1 is 1.11 bits per heavy atom. The maximum atomic E-state index is 11.9. The lowest BCUT2D eigenvalue weighted by Gasteiger charge is -1.95. The zero-order valence-electron chi connectivity index (χ0n) is 9.63. The third-order valence-electron chi connectivity index (χ3n) is 2.64. The fraction of sp³-hybridized carbons (Fsp3) is 0.143. The number of thiazole rings is 1. The largest absolute Gasteiger partial charge is 0.299 e. The van der Waals surface area contributed by atoms with E-state index in [1.807, 2.05) is 41.8 Å². The molecule has 0 atom stereocenters. The minimum absolute atomic E-state index is 0.233. The van der Waals surface area contributed by atoms with Gasteiger partial charge in [-0.05, 0) is 23.6 Å². The molecule has 1 aromatic carbocycles. The summed E-state index contributed by atoms with van der Waals surface area (Å²) < 4.78 is 1.15. The summed E-state index contributed by atoms with van der Waals surface area (Å²) in [6.45, 7) is 0. The third kappa shape index (κ3) is 2.49. The maximum absolute atomic E-state index is 11.9. The highest BCUT2D eigenvalue weighted by Gasteiger charge is 2.10. The second kappa shape index (κ2) is 5.00. The Kier molecular flexibility index (Phi) is 3.21. The van der Waals surface area contributed by atoms with Gasteiger partial charge in [-0.15, -0.1) is 22.7 Å². The van der Waals surface area contributed by atoms with E-state index in [9.17, 15) is 4.79 Å². The van der Waals surface area contributed by atoms with E-state index in [2.05, 4.69) is 4.98 Å². The molecule has 4 heteroatoms. The highest BCUT2D eigenvalue weighted by molar-refractivity contribution is 7.18. The van der Waals surface area contributed by atoms with E-state index < -0.39 is 0 Å². The summed E-state index contributed by atoms with van der Waals surface area (Å²) in [5.41, 5.74) is 0.987. The molecular formula is C14H11NOS2. The Hall–Kier alpha value is -1.52. The van der Waals surface area contributed by atoms with Gasteiger partial charge in [0, 0.05) is 11.3 Å². The first-order chi connectivity index (χ1) is 8.81. The average molecular weight is 273 g/mol. The van der Waals surface area contributed by atoms with E-state index in [1.165, 1.54) is 0 Å². The number of fused-ring (bicyclic) bond motifs is 1. The van der Waals surface area contributed by atoms with Gasteiger partial charge in [-0.2, -0.15) is 0 Å². The lowest BCUT2D eigenvalue weighted by molar-refractivity contribution is -0.117. The molecule has 0 spiro atoms. The summed E-state index contributed by atoms with van der Waals surface area (Å²) in [6, 6.07) is 12.0. The van der Waals surface area contributed by atoms with Gasteiger partial charge >= 0.3 is 0 Å². The van der Waals surface area contributed by atoms with Crippen LogP contribution in [0.15, 0.2) is 41.8 Å². The first-order valence-corrected chi connectivity index (χ1v) is 7.39. The molecule has 3 aromatic rings. The molecule has 0 fully saturated rings. The third-order valence-corrected chi connectivity index (χ3v) is 4.55. The molecule has 2 aromatic heterocycles. The second-order valence-electron chi connectivity index (χ2n) is 4.05. The number of hydrogen-bond donors (Lipinski definition) is 0. The van der Waals surface area contributed by atoms with Gasteiger partial charge < -0.3 is 0 Å². The van der Waals surface area contributed by atoms with Crippen LogP contribution in [0.25, 0.3) is 10.2 Å². The molecule has 0 aliphatic heterocycles. The molecule has 0 aliphatic carbocycles. The summed E-state index contributed by atoms with van der Waals surface area (Å²) in [5, 5.41) is 2.91. The van der Waals surface area contributed by atoms with Crippen molar-refractivity contribution in [2.45, 2.75) is 12.8 Å². The van der Waals surface area contributed by atoms with Crippen LogP contribution in [-0.2, 0) is 17.6 Å². The van der Waals surface area contributed by atoms with Crippen molar-refractivity contribution in [3.05, 3.63) is 51.7 Å². The van der Waals surface area contributed by atoms with E-state index in [0.717, 1.165) is 20.1 Å². The van der Waals surface area contributed by atoms with Gasteiger partial charge in [0.15, 0.2) is 0 Å². The van der Waals surface area contributed by atoms with Gasteiger partial charge in [0.05, 0.1) is 16.6 Å². The standard InChI is InChI=1S/C14H11NOS2/c16-10(8-11-4-3-7-17-11)9-14-15-12-5-1-2-6-13(12)18-14/h1-7H,8-9H2. The van der Waals surface area contributed by atoms with E-state index >= 15 is 0 Å². The van der Waals surface area contributed by atoms with Crippen molar-refractivity contribution < 1.29 is 4.79 Å². The molecule has 0 unspecified atom stereocenters. The first-order valence-electron chi connectivity index (χ1n) is 5.70. The van der Waals surface area contributed by atoms with Gasteiger partial charge in [-0.3, -0.25) is 4.79 Å². The molecule has 90 valence electrons. The van der Waals surface area contributed by atoms with Crippen LogP contribution >= 0.6 is 22.7 Å². The summed E-state index contributed by atoms with van der Waals surface area (Å²) >= 11 is 3.24. The maximum Gasteiger partial charge on any atom is 0.144 e. The lowest BCUT2D eigenvalue weighted by Crippen LogP contribution is -2.04. The van der Waals surface area contributed by atoms with Gasteiger partial charge in [0.25, 0.3) is 0 Å². The molecule has 0 saturated carbocycles. The summed E-state index contributed by atoms with van der Waals surface area (Å²) in [7, 11) is 0. The van der Waals surface area contributed by atoms with Gasteiger partial charge in [0.2, 0.25) is 0 Å². The highest BCUT2D eigenvalue weighted by Crippen LogP contribution is 2.22. The number of aromatic nitrogens is 1. The Bertz CT molecular complexity index is 637. The zero-order valence-corrected chi connectivity index (χ0v) is 11.3. The van der Waals surface area contributed by atoms with Crippen LogP contribution < -0.4 is 0 Å². The van der Waals surface area contributed by atoms with Crippen LogP contribution in [0.2, 0.25) is 0 Å². The van der Waals surface area contributed by atoms with Gasteiger partial charge in [0.1, 0.15) is 10.8 Å². The number of para-hydroxylation sites is 1. The predicted octanol–water partition coefficient (Wildman–Crippen LogP) is 3.71. The highest BCUT2D eigenvalue weighted by atomic mass is 32.1. The molecule has 0 N–H and O–H groups in total. The van der Waals surface area contributed by atoms with E-state index in [1.54, 1.807) is 22.7 Å².